The van der Waals surface area contributed by atoms with Crippen molar-refractivity contribution in [1.82, 2.24) is 14.8 Å². The average molecular weight is 477 g/mol. The molecule has 0 aliphatic rings. The van der Waals surface area contributed by atoms with Crippen LogP contribution in [0.1, 0.15) is 18.3 Å². The van der Waals surface area contributed by atoms with Crippen LogP contribution in [-0.4, -0.2) is 40.6 Å². The first-order chi connectivity index (χ1) is 15.4. The number of amides is 1. The maximum atomic E-state index is 12.5. The fourth-order valence-corrected chi connectivity index (χ4v) is 3.80. The van der Waals surface area contributed by atoms with Crippen LogP contribution in [0.25, 0.3) is 0 Å². The second kappa shape index (κ2) is 11.1. The smallest absolute Gasteiger partial charge is 0.234 e. The fourth-order valence-electron chi connectivity index (χ4n) is 2.84. The lowest BCUT2D eigenvalue weighted by Gasteiger charge is -2.13. The minimum Gasteiger partial charge on any atom is -0.495 e. The molecule has 0 radical (unpaired) electrons. The number of rotatable bonds is 10. The molecule has 8 nitrogen and oxygen atoms in total. The summed E-state index contributed by atoms with van der Waals surface area (Å²) in [5.74, 6) is 2.23. The number of methoxy groups -OCH3 is 2. The molecule has 0 unspecified atom stereocenters. The molecule has 0 saturated carbocycles. The van der Waals surface area contributed by atoms with Crippen molar-refractivity contribution in [2.45, 2.75) is 25.1 Å². The minimum absolute atomic E-state index is 0.138. The lowest BCUT2D eigenvalue weighted by atomic mass is 10.2. The van der Waals surface area contributed by atoms with Crippen molar-refractivity contribution < 1.29 is 19.0 Å². The van der Waals surface area contributed by atoms with Gasteiger partial charge in [0.1, 0.15) is 23.9 Å². The van der Waals surface area contributed by atoms with E-state index < -0.39 is 0 Å². The molecule has 3 aromatic rings. The zero-order valence-corrected chi connectivity index (χ0v) is 19.9. The molecule has 10 heteroatoms. The van der Waals surface area contributed by atoms with E-state index in [-0.39, 0.29) is 18.3 Å². The normalized spacial score (nSPS) is 10.7. The summed E-state index contributed by atoms with van der Waals surface area (Å²) in [7, 11) is 4.85. The minimum atomic E-state index is -0.227. The van der Waals surface area contributed by atoms with E-state index in [1.54, 1.807) is 12.1 Å². The van der Waals surface area contributed by atoms with E-state index in [1.165, 1.54) is 31.5 Å². The van der Waals surface area contributed by atoms with Gasteiger partial charge in [0.15, 0.2) is 11.0 Å². The van der Waals surface area contributed by atoms with Crippen LogP contribution < -0.4 is 19.5 Å². The topological polar surface area (TPSA) is 87.5 Å². The van der Waals surface area contributed by atoms with Crippen molar-refractivity contribution in [2.75, 3.05) is 25.3 Å². The monoisotopic (exact) mass is 476 g/mol. The number of hydrogen-bond acceptors (Lipinski definition) is 7. The molecule has 0 saturated heterocycles. The van der Waals surface area contributed by atoms with Crippen molar-refractivity contribution >= 4 is 35.0 Å². The summed E-state index contributed by atoms with van der Waals surface area (Å²) in [6.07, 6.45) is 0.982. The molecule has 0 spiro atoms. The Morgan fingerprint density at radius 2 is 1.84 bits per heavy atom. The summed E-state index contributed by atoms with van der Waals surface area (Å²) < 4.78 is 18.1. The standard InChI is InChI=1S/C22H25ClN4O4S/c1-5-14-6-8-15(9-7-14)31-12-20-25-26-22(27(20)2)32-13-21(28)24-17-11-18(29-3)16(23)10-19(17)30-4/h6-11H,5,12-13H2,1-4H3,(H,24,28). The van der Waals surface area contributed by atoms with Crippen LogP contribution in [0.5, 0.6) is 17.2 Å². The molecule has 3 rings (SSSR count). The highest BCUT2D eigenvalue weighted by Crippen LogP contribution is 2.36. The van der Waals surface area contributed by atoms with E-state index in [0.29, 0.717) is 33.2 Å². The third-order valence-electron chi connectivity index (χ3n) is 4.70. The van der Waals surface area contributed by atoms with E-state index in [1.807, 2.05) is 35.9 Å². The number of halogens is 1. The summed E-state index contributed by atoms with van der Waals surface area (Å²) in [5.41, 5.74) is 1.73. The predicted molar refractivity (Wildman–Crippen MR) is 125 cm³/mol. The Labute approximate surface area is 196 Å². The maximum absolute atomic E-state index is 12.5. The lowest BCUT2D eigenvalue weighted by molar-refractivity contribution is -0.113. The van der Waals surface area contributed by atoms with Gasteiger partial charge in [0, 0.05) is 19.2 Å². The van der Waals surface area contributed by atoms with E-state index in [4.69, 9.17) is 25.8 Å². The van der Waals surface area contributed by atoms with Gasteiger partial charge in [0.2, 0.25) is 5.91 Å². The highest BCUT2D eigenvalue weighted by atomic mass is 35.5. The number of nitrogens with one attached hydrogen (secondary N) is 1. The molecular weight excluding hydrogens is 452 g/mol. The number of carbonyl (C=O) groups excluding carboxylic acids is 1. The van der Waals surface area contributed by atoms with Crippen molar-refractivity contribution in [3.63, 3.8) is 0 Å². The first-order valence-electron chi connectivity index (χ1n) is 9.89. The molecule has 0 fully saturated rings. The Hall–Kier alpha value is -2.91. The van der Waals surface area contributed by atoms with Crippen molar-refractivity contribution in [3.05, 3.63) is 52.8 Å². The third kappa shape index (κ3) is 5.86. The van der Waals surface area contributed by atoms with Gasteiger partial charge in [-0.15, -0.1) is 10.2 Å². The molecule has 170 valence electrons. The molecule has 2 aromatic carbocycles. The van der Waals surface area contributed by atoms with Crippen LogP contribution in [0.15, 0.2) is 41.6 Å². The van der Waals surface area contributed by atoms with Crippen molar-refractivity contribution in [3.8, 4) is 17.2 Å². The Bertz CT molecular complexity index is 1070. The van der Waals surface area contributed by atoms with E-state index >= 15 is 0 Å². The Balaban J connectivity index is 1.57. The number of anilines is 1. The Morgan fingerprint density at radius 3 is 2.50 bits per heavy atom. The number of ether oxygens (including phenoxy) is 3. The van der Waals surface area contributed by atoms with Crippen LogP contribution in [0, 0.1) is 0 Å². The van der Waals surface area contributed by atoms with E-state index in [0.717, 1.165) is 12.2 Å². The van der Waals surface area contributed by atoms with Crippen LogP contribution in [-0.2, 0) is 24.9 Å². The summed E-state index contributed by atoms with van der Waals surface area (Å²) >= 11 is 7.38. The molecule has 1 aromatic heterocycles. The highest BCUT2D eigenvalue weighted by Gasteiger charge is 2.15. The first-order valence-corrected chi connectivity index (χ1v) is 11.3. The van der Waals surface area contributed by atoms with Gasteiger partial charge in [0.05, 0.1) is 30.7 Å². The summed E-state index contributed by atoms with van der Waals surface area (Å²) in [6, 6.07) is 11.2. The Kier molecular flexibility index (Phi) is 8.24. The van der Waals surface area contributed by atoms with Crippen molar-refractivity contribution in [2.24, 2.45) is 7.05 Å². The van der Waals surface area contributed by atoms with E-state index in [9.17, 15) is 4.79 Å². The molecule has 1 amide bonds. The number of aryl methyl sites for hydroxylation is 1. The number of carbonyl (C=O) groups is 1. The van der Waals surface area contributed by atoms with Gasteiger partial charge in [-0.25, -0.2) is 0 Å². The second-order valence-electron chi connectivity index (χ2n) is 6.77. The number of aromatic nitrogens is 3. The molecule has 0 atom stereocenters. The van der Waals surface area contributed by atoms with Gasteiger partial charge in [-0.05, 0) is 24.1 Å². The maximum Gasteiger partial charge on any atom is 0.234 e. The number of hydrogen-bond donors (Lipinski definition) is 1. The number of benzene rings is 2. The molecule has 0 bridgehead atoms. The quantitative estimate of drug-likeness (QED) is 0.435. The molecule has 0 aliphatic carbocycles. The highest BCUT2D eigenvalue weighted by molar-refractivity contribution is 7.99. The van der Waals surface area contributed by atoms with Crippen LogP contribution in [0.3, 0.4) is 0 Å². The van der Waals surface area contributed by atoms with Crippen LogP contribution >= 0.6 is 23.4 Å². The lowest BCUT2D eigenvalue weighted by Crippen LogP contribution is -2.15. The zero-order valence-electron chi connectivity index (χ0n) is 18.3. The molecule has 1 heterocycles. The largest absolute Gasteiger partial charge is 0.495 e. The Morgan fingerprint density at radius 1 is 1.12 bits per heavy atom. The van der Waals surface area contributed by atoms with E-state index in [2.05, 4.69) is 22.4 Å². The SMILES string of the molecule is CCc1ccc(OCc2nnc(SCC(=O)Nc3cc(OC)c(Cl)cc3OC)n2C)cc1. The first kappa shape index (κ1) is 23.7. The molecule has 0 aliphatic heterocycles. The van der Waals surface area contributed by atoms with Crippen molar-refractivity contribution in [1.29, 1.82) is 0 Å². The van der Waals surface area contributed by atoms with Gasteiger partial charge in [-0.3, -0.25) is 4.79 Å². The summed E-state index contributed by atoms with van der Waals surface area (Å²) in [6.45, 7) is 2.39. The molecular formula is C22H25ClN4O4S. The summed E-state index contributed by atoms with van der Waals surface area (Å²) in [4.78, 5) is 12.5. The van der Waals surface area contributed by atoms with Crippen LogP contribution in [0.2, 0.25) is 5.02 Å². The summed E-state index contributed by atoms with van der Waals surface area (Å²) in [5, 5.41) is 12.1. The molecule has 32 heavy (non-hydrogen) atoms. The number of nitrogens with zero attached hydrogens (tertiary/aromatic N) is 3. The van der Waals surface area contributed by atoms with Gasteiger partial charge < -0.3 is 24.1 Å². The molecule has 1 N–H and O–H groups in total. The van der Waals surface area contributed by atoms with Gasteiger partial charge in [-0.2, -0.15) is 0 Å². The van der Waals surface area contributed by atoms with Gasteiger partial charge in [-0.1, -0.05) is 42.4 Å². The van der Waals surface area contributed by atoms with Gasteiger partial charge >= 0.3 is 0 Å². The zero-order chi connectivity index (χ0) is 23.1. The third-order valence-corrected chi connectivity index (χ3v) is 6.02. The van der Waals surface area contributed by atoms with Crippen LogP contribution in [0.4, 0.5) is 5.69 Å². The van der Waals surface area contributed by atoms with Gasteiger partial charge in [0.25, 0.3) is 0 Å². The fraction of sp³-hybridized carbons (Fsp3) is 0.318. The number of thioether (sulfide) groups is 1. The predicted octanol–water partition coefficient (Wildman–Crippen LogP) is 4.36. The second-order valence-corrected chi connectivity index (χ2v) is 8.12. The average Bonchev–Trinajstić information content (AvgIpc) is 3.16.